The van der Waals surface area contributed by atoms with Gasteiger partial charge in [-0.05, 0) is 25.7 Å². The van der Waals surface area contributed by atoms with Gasteiger partial charge in [-0.25, -0.2) is 0 Å². The van der Waals surface area contributed by atoms with Crippen molar-refractivity contribution in [2.75, 3.05) is 6.61 Å². The lowest BCUT2D eigenvalue weighted by atomic mass is 10.0. The Kier molecular flexibility index (Phi) is 15.7. The van der Waals surface area contributed by atoms with E-state index in [4.69, 9.17) is 10.8 Å². The Bertz CT molecular complexity index is 231. The summed E-state index contributed by atoms with van der Waals surface area (Å²) in [5.74, 6) is 0. The molecule has 0 fully saturated rings. The third-order valence-corrected chi connectivity index (χ3v) is 3.95. The van der Waals surface area contributed by atoms with E-state index in [1.807, 2.05) is 0 Å². The van der Waals surface area contributed by atoms with E-state index >= 15 is 0 Å². The first kappa shape index (κ1) is 20.6. The minimum Gasteiger partial charge on any atom is -0.395 e. The van der Waals surface area contributed by atoms with Gasteiger partial charge in [0.05, 0.1) is 18.8 Å². The maximum atomic E-state index is 9.60. The van der Waals surface area contributed by atoms with Gasteiger partial charge in [0.25, 0.3) is 0 Å². The molecule has 0 saturated heterocycles. The maximum Gasteiger partial charge on any atom is 0.0713 e. The van der Waals surface area contributed by atoms with E-state index in [1.54, 1.807) is 0 Å². The van der Waals surface area contributed by atoms with E-state index in [2.05, 4.69) is 19.1 Å². The molecular formula is C18H37NO2. The Balaban J connectivity index is 3.16. The highest BCUT2D eigenvalue weighted by atomic mass is 16.3. The highest BCUT2D eigenvalue weighted by molar-refractivity contribution is 4.80. The number of allylic oxidation sites excluding steroid dienone is 2. The summed E-state index contributed by atoms with van der Waals surface area (Å²) in [7, 11) is 0. The molecule has 0 aliphatic carbocycles. The molecule has 0 radical (unpaired) electrons. The van der Waals surface area contributed by atoms with E-state index in [-0.39, 0.29) is 6.61 Å². The summed E-state index contributed by atoms with van der Waals surface area (Å²) >= 11 is 0. The van der Waals surface area contributed by atoms with Gasteiger partial charge in [0.1, 0.15) is 0 Å². The standard InChI is InChI=1S/C18H37NO2/c1-2-3-4-5-6-7-8-9-10-11-12-13-14-15-18(21)17(19)16-20/h4-5,17-18,20-21H,2-3,6-16,19H2,1H3. The molecule has 0 heterocycles. The van der Waals surface area contributed by atoms with E-state index in [1.165, 1.54) is 57.8 Å². The molecule has 2 atom stereocenters. The second-order valence-corrected chi connectivity index (χ2v) is 6.08. The Morgan fingerprint density at radius 1 is 0.857 bits per heavy atom. The van der Waals surface area contributed by atoms with Crippen LogP contribution in [0.2, 0.25) is 0 Å². The average molecular weight is 299 g/mol. The molecular weight excluding hydrogens is 262 g/mol. The van der Waals surface area contributed by atoms with Crippen molar-refractivity contribution in [2.45, 2.75) is 96.1 Å². The van der Waals surface area contributed by atoms with Crippen molar-refractivity contribution in [1.82, 2.24) is 0 Å². The number of aliphatic hydroxyl groups is 2. The lowest BCUT2D eigenvalue weighted by Gasteiger charge is -2.15. The number of hydrogen-bond donors (Lipinski definition) is 3. The van der Waals surface area contributed by atoms with Gasteiger partial charge in [-0.1, -0.05) is 70.4 Å². The monoisotopic (exact) mass is 299 g/mol. The third-order valence-electron chi connectivity index (χ3n) is 3.95. The Morgan fingerprint density at radius 2 is 1.38 bits per heavy atom. The number of nitrogens with two attached hydrogens (primary N) is 1. The largest absolute Gasteiger partial charge is 0.395 e. The van der Waals surface area contributed by atoms with Crippen LogP contribution in [0.25, 0.3) is 0 Å². The van der Waals surface area contributed by atoms with Crippen LogP contribution in [0, 0.1) is 0 Å². The summed E-state index contributed by atoms with van der Waals surface area (Å²) < 4.78 is 0. The molecule has 0 spiro atoms. The lowest BCUT2D eigenvalue weighted by Crippen LogP contribution is -2.37. The molecule has 0 aliphatic heterocycles. The van der Waals surface area contributed by atoms with Gasteiger partial charge in [0.2, 0.25) is 0 Å². The first-order valence-corrected chi connectivity index (χ1v) is 8.91. The Labute approximate surface area is 131 Å². The molecule has 0 rings (SSSR count). The second kappa shape index (κ2) is 16.0. The highest BCUT2D eigenvalue weighted by Crippen LogP contribution is 2.12. The van der Waals surface area contributed by atoms with Crippen molar-refractivity contribution in [2.24, 2.45) is 5.73 Å². The zero-order valence-corrected chi connectivity index (χ0v) is 14.0. The quantitative estimate of drug-likeness (QED) is 0.317. The van der Waals surface area contributed by atoms with Gasteiger partial charge in [-0.2, -0.15) is 0 Å². The van der Waals surface area contributed by atoms with Crippen LogP contribution in [-0.4, -0.2) is 29.0 Å². The minimum atomic E-state index is -0.546. The van der Waals surface area contributed by atoms with Crippen molar-refractivity contribution in [3.8, 4) is 0 Å². The molecule has 0 aromatic heterocycles. The summed E-state index contributed by atoms with van der Waals surface area (Å²) in [6.07, 6.45) is 18.6. The highest BCUT2D eigenvalue weighted by Gasteiger charge is 2.12. The van der Waals surface area contributed by atoms with Crippen LogP contribution in [0.3, 0.4) is 0 Å². The summed E-state index contributed by atoms with van der Waals surface area (Å²) in [5, 5.41) is 18.4. The molecule has 3 nitrogen and oxygen atoms in total. The molecule has 2 unspecified atom stereocenters. The molecule has 0 aromatic rings. The fourth-order valence-corrected chi connectivity index (χ4v) is 2.41. The molecule has 0 amide bonds. The lowest BCUT2D eigenvalue weighted by molar-refractivity contribution is 0.0990. The predicted octanol–water partition coefficient (Wildman–Crippen LogP) is 3.92. The van der Waals surface area contributed by atoms with Gasteiger partial charge < -0.3 is 15.9 Å². The van der Waals surface area contributed by atoms with Gasteiger partial charge >= 0.3 is 0 Å². The molecule has 21 heavy (non-hydrogen) atoms. The molecule has 0 saturated carbocycles. The maximum absolute atomic E-state index is 9.60. The first-order chi connectivity index (χ1) is 10.2. The minimum absolute atomic E-state index is 0.130. The summed E-state index contributed by atoms with van der Waals surface area (Å²) in [4.78, 5) is 0. The van der Waals surface area contributed by atoms with Crippen LogP contribution in [0.15, 0.2) is 12.2 Å². The van der Waals surface area contributed by atoms with Crippen LogP contribution in [0.1, 0.15) is 84.0 Å². The Morgan fingerprint density at radius 3 is 1.95 bits per heavy atom. The van der Waals surface area contributed by atoms with Crippen molar-refractivity contribution in [3.05, 3.63) is 12.2 Å². The molecule has 0 aromatic carbocycles. The second-order valence-electron chi connectivity index (χ2n) is 6.08. The molecule has 0 bridgehead atoms. The summed E-state index contributed by atoms with van der Waals surface area (Å²) in [6, 6.07) is -0.476. The smallest absolute Gasteiger partial charge is 0.0713 e. The van der Waals surface area contributed by atoms with Gasteiger partial charge in [-0.3, -0.25) is 0 Å². The van der Waals surface area contributed by atoms with Crippen LogP contribution < -0.4 is 5.73 Å². The van der Waals surface area contributed by atoms with Gasteiger partial charge in [-0.15, -0.1) is 0 Å². The number of hydrogen-bond acceptors (Lipinski definition) is 3. The van der Waals surface area contributed by atoms with E-state index in [0.717, 1.165) is 12.8 Å². The third kappa shape index (κ3) is 14.3. The zero-order valence-electron chi connectivity index (χ0n) is 14.0. The van der Waals surface area contributed by atoms with E-state index in [0.29, 0.717) is 6.42 Å². The number of rotatable bonds is 15. The first-order valence-electron chi connectivity index (χ1n) is 8.91. The van der Waals surface area contributed by atoms with Crippen molar-refractivity contribution in [1.29, 1.82) is 0 Å². The number of unbranched alkanes of at least 4 members (excludes halogenated alkanes) is 9. The van der Waals surface area contributed by atoms with Gasteiger partial charge in [0.15, 0.2) is 0 Å². The van der Waals surface area contributed by atoms with Crippen molar-refractivity contribution < 1.29 is 10.2 Å². The molecule has 126 valence electrons. The van der Waals surface area contributed by atoms with Crippen LogP contribution in [0.4, 0.5) is 0 Å². The van der Waals surface area contributed by atoms with E-state index in [9.17, 15) is 5.11 Å². The van der Waals surface area contributed by atoms with Crippen LogP contribution in [-0.2, 0) is 0 Å². The SMILES string of the molecule is CCCC=CCCCCCCCCCCC(O)C(N)CO. The predicted molar refractivity (Wildman–Crippen MR) is 91.3 cm³/mol. The molecule has 3 heteroatoms. The van der Waals surface area contributed by atoms with Crippen LogP contribution in [0.5, 0.6) is 0 Å². The fraction of sp³-hybridized carbons (Fsp3) is 0.889. The Hall–Kier alpha value is -0.380. The topological polar surface area (TPSA) is 66.5 Å². The average Bonchev–Trinajstić information content (AvgIpc) is 2.50. The van der Waals surface area contributed by atoms with E-state index < -0.39 is 12.1 Å². The summed E-state index contributed by atoms with van der Waals surface area (Å²) in [6.45, 7) is 2.08. The van der Waals surface area contributed by atoms with Crippen molar-refractivity contribution in [3.63, 3.8) is 0 Å². The molecule has 0 aliphatic rings. The summed E-state index contributed by atoms with van der Waals surface area (Å²) in [5.41, 5.74) is 5.56. The zero-order chi connectivity index (χ0) is 15.8. The van der Waals surface area contributed by atoms with Gasteiger partial charge in [0, 0.05) is 0 Å². The van der Waals surface area contributed by atoms with Crippen molar-refractivity contribution >= 4 is 0 Å². The normalized spacial score (nSPS) is 14.7. The van der Waals surface area contributed by atoms with Crippen LogP contribution >= 0.6 is 0 Å². The fourth-order valence-electron chi connectivity index (χ4n) is 2.41. The number of aliphatic hydroxyl groups excluding tert-OH is 2. The molecule has 4 N–H and O–H groups in total.